The van der Waals surface area contributed by atoms with E-state index in [4.69, 9.17) is 0 Å². The normalized spacial score (nSPS) is 23.9. The second kappa shape index (κ2) is 8.11. The number of piperidine rings is 1. The van der Waals surface area contributed by atoms with Gasteiger partial charge in [-0.05, 0) is 57.8 Å². The molecule has 3 heterocycles. The quantitative estimate of drug-likeness (QED) is 0.805. The van der Waals surface area contributed by atoms with Gasteiger partial charge in [-0.2, -0.15) is 5.10 Å². The van der Waals surface area contributed by atoms with Crippen LogP contribution in [0.3, 0.4) is 0 Å². The van der Waals surface area contributed by atoms with E-state index in [-0.39, 0.29) is 0 Å². The summed E-state index contributed by atoms with van der Waals surface area (Å²) in [7, 11) is 2.30. The maximum Gasteiger partial charge on any atom is 0.0564 e. The largest absolute Gasteiger partial charge is 0.303 e. The lowest BCUT2D eigenvalue weighted by Gasteiger charge is -2.34. The molecule has 0 amide bonds. The predicted molar refractivity (Wildman–Crippen MR) is 96.4 cm³/mol. The van der Waals surface area contributed by atoms with Gasteiger partial charge in [0.15, 0.2) is 0 Å². The number of rotatable bonds is 6. The van der Waals surface area contributed by atoms with Gasteiger partial charge in [-0.1, -0.05) is 19.4 Å². The lowest BCUT2D eigenvalue weighted by molar-refractivity contribution is 0.157. The molecule has 2 aliphatic heterocycles. The zero-order valence-corrected chi connectivity index (χ0v) is 14.9. The lowest BCUT2D eigenvalue weighted by atomic mass is 9.99. The molecule has 0 spiro atoms. The van der Waals surface area contributed by atoms with E-state index in [0.29, 0.717) is 0 Å². The Balaban J connectivity index is 1.47. The molecule has 0 saturated carbocycles. The molecule has 23 heavy (non-hydrogen) atoms. The molecule has 2 aliphatic rings. The van der Waals surface area contributed by atoms with Crippen LogP contribution in [0, 0.1) is 0 Å². The maximum absolute atomic E-state index is 4.46. The monoisotopic (exact) mass is 316 g/mol. The van der Waals surface area contributed by atoms with Crippen LogP contribution in [0.2, 0.25) is 0 Å². The molecule has 0 unspecified atom stereocenters. The molecule has 0 N–H and O–H groups in total. The highest BCUT2D eigenvalue weighted by atomic mass is 15.3. The third kappa shape index (κ3) is 4.45. The maximum atomic E-state index is 4.46. The Bertz CT molecular complexity index is 519. The van der Waals surface area contributed by atoms with Crippen molar-refractivity contribution in [1.82, 2.24) is 19.6 Å². The van der Waals surface area contributed by atoms with Crippen LogP contribution in [0.4, 0.5) is 0 Å². The number of hydrogen-bond acceptors (Lipinski definition) is 3. The van der Waals surface area contributed by atoms with Gasteiger partial charge in [0.05, 0.1) is 6.20 Å². The molecular formula is C19H32N4. The van der Waals surface area contributed by atoms with Crippen LogP contribution in [0.25, 0.3) is 5.57 Å². The highest BCUT2D eigenvalue weighted by molar-refractivity contribution is 5.65. The molecule has 0 aromatic carbocycles. The van der Waals surface area contributed by atoms with Gasteiger partial charge in [-0.15, -0.1) is 0 Å². The molecule has 0 bridgehead atoms. The van der Waals surface area contributed by atoms with Crippen LogP contribution in [-0.2, 0) is 6.54 Å². The molecule has 4 heteroatoms. The fourth-order valence-corrected chi connectivity index (χ4v) is 3.90. The fourth-order valence-electron chi connectivity index (χ4n) is 3.90. The number of aryl methyl sites for hydroxylation is 1. The summed E-state index contributed by atoms with van der Waals surface area (Å²) in [5, 5.41) is 4.46. The molecule has 128 valence electrons. The van der Waals surface area contributed by atoms with Crippen molar-refractivity contribution in [2.75, 3.05) is 33.2 Å². The molecule has 1 fully saturated rings. The first-order valence-electron chi connectivity index (χ1n) is 9.40. The van der Waals surface area contributed by atoms with Gasteiger partial charge < -0.3 is 4.90 Å². The average Bonchev–Trinajstić information content (AvgIpc) is 3.04. The van der Waals surface area contributed by atoms with Gasteiger partial charge in [0, 0.05) is 37.4 Å². The van der Waals surface area contributed by atoms with Crippen molar-refractivity contribution in [3.8, 4) is 0 Å². The predicted octanol–water partition coefficient (Wildman–Crippen LogP) is 3.26. The molecule has 0 aliphatic carbocycles. The van der Waals surface area contributed by atoms with E-state index in [1.165, 1.54) is 62.9 Å². The molecule has 1 saturated heterocycles. The van der Waals surface area contributed by atoms with E-state index < -0.39 is 0 Å². The first-order valence-corrected chi connectivity index (χ1v) is 9.40. The third-order valence-corrected chi connectivity index (χ3v) is 5.45. The number of likely N-dealkylation sites (tertiary alicyclic amines) is 1. The third-order valence-electron chi connectivity index (χ3n) is 5.45. The Hall–Kier alpha value is -1.13. The van der Waals surface area contributed by atoms with Crippen molar-refractivity contribution in [3.63, 3.8) is 0 Å². The Labute approximate surface area is 141 Å². The van der Waals surface area contributed by atoms with Crippen LogP contribution < -0.4 is 0 Å². The van der Waals surface area contributed by atoms with Gasteiger partial charge in [0.25, 0.3) is 0 Å². The van der Waals surface area contributed by atoms with Crippen LogP contribution in [0.5, 0.6) is 0 Å². The number of nitrogens with zero attached hydrogens (tertiary/aromatic N) is 4. The van der Waals surface area contributed by atoms with Crippen LogP contribution >= 0.6 is 0 Å². The minimum absolute atomic E-state index is 0.807. The van der Waals surface area contributed by atoms with Crippen molar-refractivity contribution in [2.45, 2.75) is 58.0 Å². The average molecular weight is 316 g/mol. The molecule has 0 radical (unpaired) electrons. The minimum atomic E-state index is 0.807. The van der Waals surface area contributed by atoms with E-state index in [0.717, 1.165) is 25.6 Å². The highest BCUT2D eigenvalue weighted by Crippen LogP contribution is 2.23. The van der Waals surface area contributed by atoms with Crippen LogP contribution in [0.15, 0.2) is 18.5 Å². The van der Waals surface area contributed by atoms with E-state index in [9.17, 15) is 0 Å². The zero-order chi connectivity index (χ0) is 16.1. The second-order valence-corrected chi connectivity index (χ2v) is 7.19. The van der Waals surface area contributed by atoms with E-state index in [1.54, 1.807) is 0 Å². The number of aromatic nitrogens is 2. The Morgan fingerprint density at radius 2 is 2.13 bits per heavy atom. The summed E-state index contributed by atoms with van der Waals surface area (Å²) in [6, 6.07) is 0.807. The smallest absolute Gasteiger partial charge is 0.0564 e. The first kappa shape index (κ1) is 16.7. The van der Waals surface area contributed by atoms with E-state index in [1.807, 2.05) is 6.20 Å². The van der Waals surface area contributed by atoms with Crippen LogP contribution in [-0.4, -0.2) is 58.8 Å². The standard InChI is InChI=1S/C19H32N4/c1-3-10-23-16-18(15-20-23)17-7-12-22(13-8-17)14-9-19-6-4-5-11-21(19)2/h7,15-16,19H,3-6,8-14H2,1-2H3/t19-/m0/s1. The Kier molecular flexibility index (Phi) is 5.90. The van der Waals surface area contributed by atoms with Gasteiger partial charge >= 0.3 is 0 Å². The van der Waals surface area contributed by atoms with Gasteiger partial charge in [0.2, 0.25) is 0 Å². The summed E-state index contributed by atoms with van der Waals surface area (Å²) < 4.78 is 2.07. The van der Waals surface area contributed by atoms with Gasteiger partial charge in [-0.3, -0.25) is 9.58 Å². The fraction of sp³-hybridized carbons (Fsp3) is 0.737. The van der Waals surface area contributed by atoms with Crippen molar-refractivity contribution in [1.29, 1.82) is 0 Å². The Morgan fingerprint density at radius 1 is 1.22 bits per heavy atom. The molecule has 1 aromatic heterocycles. The van der Waals surface area contributed by atoms with Crippen molar-refractivity contribution in [3.05, 3.63) is 24.0 Å². The van der Waals surface area contributed by atoms with Gasteiger partial charge in [0.1, 0.15) is 0 Å². The van der Waals surface area contributed by atoms with Crippen LogP contribution in [0.1, 0.15) is 51.0 Å². The van der Waals surface area contributed by atoms with E-state index >= 15 is 0 Å². The SMILES string of the molecule is CCCn1cc(C2=CCN(CC[C@@H]3CCCCN3C)CC2)cn1. The summed E-state index contributed by atoms with van der Waals surface area (Å²) >= 11 is 0. The summed E-state index contributed by atoms with van der Waals surface area (Å²) in [6.45, 7) is 8.05. The zero-order valence-electron chi connectivity index (χ0n) is 14.9. The van der Waals surface area contributed by atoms with Crippen molar-refractivity contribution < 1.29 is 0 Å². The molecule has 1 aromatic rings. The topological polar surface area (TPSA) is 24.3 Å². The van der Waals surface area contributed by atoms with Crippen molar-refractivity contribution in [2.24, 2.45) is 0 Å². The van der Waals surface area contributed by atoms with E-state index in [2.05, 4.69) is 45.8 Å². The molecule has 4 nitrogen and oxygen atoms in total. The second-order valence-electron chi connectivity index (χ2n) is 7.19. The Morgan fingerprint density at radius 3 is 2.87 bits per heavy atom. The summed E-state index contributed by atoms with van der Waals surface area (Å²) in [4.78, 5) is 5.18. The number of hydrogen-bond donors (Lipinski definition) is 0. The summed E-state index contributed by atoms with van der Waals surface area (Å²) in [5.41, 5.74) is 2.81. The lowest BCUT2D eigenvalue weighted by Crippen LogP contribution is -2.39. The molecule has 3 rings (SSSR count). The molecular weight excluding hydrogens is 284 g/mol. The van der Waals surface area contributed by atoms with Crippen molar-refractivity contribution >= 4 is 5.57 Å². The van der Waals surface area contributed by atoms with Gasteiger partial charge in [-0.25, -0.2) is 0 Å². The summed E-state index contributed by atoms with van der Waals surface area (Å²) in [5.74, 6) is 0. The highest BCUT2D eigenvalue weighted by Gasteiger charge is 2.20. The summed E-state index contributed by atoms with van der Waals surface area (Å²) in [6.07, 6.45) is 14.5. The first-order chi connectivity index (χ1) is 11.3. The minimum Gasteiger partial charge on any atom is -0.303 e. The molecule has 1 atom stereocenters.